The van der Waals surface area contributed by atoms with Crippen molar-refractivity contribution < 1.29 is 33.8 Å². The quantitative estimate of drug-likeness (QED) is 0.444. The second-order valence-corrected chi connectivity index (χ2v) is 9.87. The van der Waals surface area contributed by atoms with Gasteiger partial charge in [0, 0.05) is 0 Å². The lowest BCUT2D eigenvalue weighted by Crippen LogP contribution is -2.53. The average Bonchev–Trinajstić information content (AvgIpc) is 3.22. The van der Waals surface area contributed by atoms with Crippen LogP contribution in [0.1, 0.15) is 51.5 Å². The molecule has 9 heteroatoms. The highest BCUT2D eigenvalue weighted by molar-refractivity contribution is 5.92. The lowest BCUT2D eigenvalue weighted by molar-refractivity contribution is -0.146. The van der Waals surface area contributed by atoms with Gasteiger partial charge in [-0.15, -0.1) is 0 Å². The number of methoxy groups -OCH3 is 1. The van der Waals surface area contributed by atoms with Gasteiger partial charge in [0.1, 0.15) is 18.7 Å². The molecule has 2 bridgehead atoms. The van der Waals surface area contributed by atoms with Crippen LogP contribution in [0, 0.1) is 23.2 Å². The third-order valence-electron chi connectivity index (χ3n) is 7.53. The summed E-state index contributed by atoms with van der Waals surface area (Å²) in [6.45, 7) is 4.49. The number of carboxylic acid groups (broad SMARTS) is 1. The fourth-order valence-corrected chi connectivity index (χ4v) is 5.70. The van der Waals surface area contributed by atoms with Crippen LogP contribution in [-0.2, 0) is 30.5 Å². The fraction of sp³-hybridized carbons (Fsp3) is 0.600. The second kappa shape index (κ2) is 10.9. The van der Waals surface area contributed by atoms with Gasteiger partial charge in [-0.25, -0.2) is 9.59 Å². The van der Waals surface area contributed by atoms with Gasteiger partial charge in [-0.05, 0) is 54.4 Å². The van der Waals surface area contributed by atoms with E-state index in [0.717, 1.165) is 18.4 Å². The Morgan fingerprint density at radius 1 is 1.09 bits per heavy atom. The zero-order valence-corrected chi connectivity index (χ0v) is 19.9. The van der Waals surface area contributed by atoms with Crippen LogP contribution >= 0.6 is 0 Å². The van der Waals surface area contributed by atoms with Gasteiger partial charge in [0.25, 0.3) is 0 Å². The smallest absolute Gasteiger partial charge is 0.408 e. The molecule has 34 heavy (non-hydrogen) atoms. The second-order valence-electron chi connectivity index (χ2n) is 9.87. The van der Waals surface area contributed by atoms with Crippen molar-refractivity contribution in [2.24, 2.45) is 23.2 Å². The minimum atomic E-state index is -1.40. The van der Waals surface area contributed by atoms with Gasteiger partial charge in [0.05, 0.1) is 13.5 Å². The molecular formula is C25H34N2O7. The number of hydrogen-bond donors (Lipinski definition) is 3. The van der Waals surface area contributed by atoms with Gasteiger partial charge in [0.15, 0.2) is 0 Å². The van der Waals surface area contributed by atoms with Crippen LogP contribution in [0.2, 0.25) is 0 Å². The van der Waals surface area contributed by atoms with Crippen LogP contribution in [0.25, 0.3) is 0 Å². The van der Waals surface area contributed by atoms with Crippen molar-refractivity contribution in [3.63, 3.8) is 0 Å². The maximum absolute atomic E-state index is 12.9. The molecule has 9 nitrogen and oxygen atoms in total. The highest BCUT2D eigenvalue weighted by atomic mass is 16.5. The molecule has 2 saturated carbocycles. The van der Waals surface area contributed by atoms with Gasteiger partial charge in [-0.3, -0.25) is 9.59 Å². The van der Waals surface area contributed by atoms with Crippen LogP contribution in [-0.4, -0.2) is 48.2 Å². The molecule has 0 saturated heterocycles. The van der Waals surface area contributed by atoms with E-state index in [4.69, 9.17) is 9.47 Å². The number of carbonyl (C=O) groups excluding carboxylic acids is 3. The summed E-state index contributed by atoms with van der Waals surface area (Å²) in [4.78, 5) is 48.9. The Labute approximate surface area is 199 Å². The van der Waals surface area contributed by atoms with E-state index in [9.17, 15) is 24.3 Å². The van der Waals surface area contributed by atoms with E-state index in [1.807, 2.05) is 6.07 Å². The molecule has 0 spiro atoms. The Bertz CT molecular complexity index is 902. The summed E-state index contributed by atoms with van der Waals surface area (Å²) in [6, 6.07) is 6.63. The highest BCUT2D eigenvalue weighted by Gasteiger charge is 2.53. The number of esters is 1. The summed E-state index contributed by atoms with van der Waals surface area (Å²) < 4.78 is 10.0. The van der Waals surface area contributed by atoms with E-state index >= 15 is 0 Å². The molecule has 1 aromatic carbocycles. The number of benzene rings is 1. The number of rotatable bonds is 10. The predicted molar refractivity (Wildman–Crippen MR) is 122 cm³/mol. The molecule has 0 radical (unpaired) electrons. The van der Waals surface area contributed by atoms with E-state index in [1.54, 1.807) is 24.3 Å². The molecule has 186 valence electrons. The number of amides is 2. The molecule has 2 aliphatic rings. The van der Waals surface area contributed by atoms with Crippen LogP contribution in [0.5, 0.6) is 0 Å². The third-order valence-corrected chi connectivity index (χ3v) is 7.53. The average molecular weight is 475 g/mol. The standard InChI is InChI=1S/C25H34N2O7/c1-25(2)17-9-10-18(25)16(11-17)12-20(23(31)33-3)26-22(30)19(13-21(28)29)27-24(32)34-14-15-7-5-4-6-8-15/h4-8,16-20H,9-14H2,1-3H3,(H,26,30)(H,27,32)(H,28,29)/t16-,17?,18?,19+,20+/m1/s1. The maximum Gasteiger partial charge on any atom is 0.408 e. The van der Waals surface area contributed by atoms with E-state index in [0.29, 0.717) is 18.3 Å². The van der Waals surface area contributed by atoms with Crippen molar-refractivity contribution in [3.8, 4) is 0 Å². The van der Waals surface area contributed by atoms with E-state index < -0.39 is 42.4 Å². The number of ether oxygens (including phenoxy) is 2. The first-order valence-corrected chi connectivity index (χ1v) is 11.7. The molecule has 3 N–H and O–H groups in total. The summed E-state index contributed by atoms with van der Waals surface area (Å²) in [5.41, 5.74) is 0.946. The topological polar surface area (TPSA) is 131 Å². The minimum Gasteiger partial charge on any atom is -0.481 e. The Kier molecular flexibility index (Phi) is 8.17. The first kappa shape index (κ1) is 25.5. The number of aliphatic carboxylic acids is 1. The molecule has 1 aromatic rings. The van der Waals surface area contributed by atoms with Gasteiger partial charge >= 0.3 is 18.0 Å². The lowest BCUT2D eigenvalue weighted by Gasteiger charge is -2.29. The molecule has 2 fully saturated rings. The maximum atomic E-state index is 12.9. The van der Waals surface area contributed by atoms with Crippen molar-refractivity contribution in [2.75, 3.05) is 7.11 Å². The van der Waals surface area contributed by atoms with Crippen LogP contribution in [0.3, 0.4) is 0 Å². The Morgan fingerprint density at radius 2 is 1.79 bits per heavy atom. The number of fused-ring (bicyclic) bond motifs is 2. The van der Waals surface area contributed by atoms with Gasteiger partial charge < -0.3 is 25.2 Å². The number of carbonyl (C=O) groups is 4. The summed E-state index contributed by atoms with van der Waals surface area (Å²) >= 11 is 0. The SMILES string of the molecule is COC(=O)[C@H](C[C@H]1CC2CCC1C2(C)C)NC(=O)[C@H](CC(=O)O)NC(=O)OCc1ccccc1. The Hall–Kier alpha value is -3.10. The molecule has 0 aliphatic heterocycles. The van der Waals surface area contributed by atoms with Gasteiger partial charge in [-0.2, -0.15) is 0 Å². The third kappa shape index (κ3) is 6.07. The minimum absolute atomic E-state index is 0.0289. The molecule has 2 unspecified atom stereocenters. The Balaban J connectivity index is 1.62. The first-order valence-electron chi connectivity index (χ1n) is 11.7. The normalized spacial score (nSPS) is 24.0. The number of alkyl carbamates (subject to hydrolysis) is 1. The predicted octanol–water partition coefficient (Wildman–Crippen LogP) is 2.88. The molecule has 2 amide bonds. The number of hydrogen-bond acceptors (Lipinski definition) is 6. The van der Waals surface area contributed by atoms with Gasteiger partial charge in [-0.1, -0.05) is 44.2 Å². The van der Waals surface area contributed by atoms with Crippen molar-refractivity contribution in [2.45, 2.75) is 64.6 Å². The van der Waals surface area contributed by atoms with Crippen molar-refractivity contribution in [3.05, 3.63) is 35.9 Å². The van der Waals surface area contributed by atoms with E-state index in [1.165, 1.54) is 13.5 Å². The van der Waals surface area contributed by atoms with Crippen LogP contribution in [0.4, 0.5) is 4.79 Å². The highest BCUT2D eigenvalue weighted by Crippen LogP contribution is 2.61. The molecular weight excluding hydrogens is 440 g/mol. The zero-order chi connectivity index (χ0) is 24.9. The van der Waals surface area contributed by atoms with Crippen LogP contribution < -0.4 is 10.6 Å². The van der Waals surface area contributed by atoms with Crippen molar-refractivity contribution in [1.29, 1.82) is 0 Å². The lowest BCUT2D eigenvalue weighted by atomic mass is 9.78. The molecule has 0 aromatic heterocycles. The first-order chi connectivity index (χ1) is 16.1. The number of carboxylic acids is 1. The zero-order valence-electron chi connectivity index (χ0n) is 19.9. The fourth-order valence-electron chi connectivity index (χ4n) is 5.70. The van der Waals surface area contributed by atoms with Gasteiger partial charge in [0.2, 0.25) is 5.91 Å². The van der Waals surface area contributed by atoms with E-state index in [2.05, 4.69) is 24.5 Å². The number of nitrogens with one attached hydrogen (secondary N) is 2. The Morgan fingerprint density at radius 3 is 2.35 bits per heavy atom. The summed E-state index contributed by atoms with van der Waals surface area (Å²) in [6.07, 6.45) is 2.11. The summed E-state index contributed by atoms with van der Waals surface area (Å²) in [7, 11) is 1.25. The monoisotopic (exact) mass is 474 g/mol. The van der Waals surface area contributed by atoms with E-state index in [-0.39, 0.29) is 17.9 Å². The van der Waals surface area contributed by atoms with Crippen molar-refractivity contribution in [1.82, 2.24) is 10.6 Å². The van der Waals surface area contributed by atoms with Crippen molar-refractivity contribution >= 4 is 23.9 Å². The molecule has 5 atom stereocenters. The largest absolute Gasteiger partial charge is 0.481 e. The summed E-state index contributed by atoms with van der Waals surface area (Å²) in [5, 5.41) is 14.2. The van der Waals surface area contributed by atoms with Crippen LogP contribution in [0.15, 0.2) is 30.3 Å². The molecule has 0 heterocycles. The molecule has 2 aliphatic carbocycles. The molecule has 3 rings (SSSR count). The summed E-state index contributed by atoms with van der Waals surface area (Å²) in [5.74, 6) is -1.31.